The van der Waals surface area contributed by atoms with Gasteiger partial charge in [-0.3, -0.25) is 9.69 Å². The van der Waals surface area contributed by atoms with Crippen molar-refractivity contribution in [2.45, 2.75) is 57.8 Å². The zero-order valence-corrected chi connectivity index (χ0v) is 18.3. The van der Waals surface area contributed by atoms with E-state index < -0.39 is 17.6 Å². The van der Waals surface area contributed by atoms with Crippen LogP contribution in [0.25, 0.3) is 0 Å². The molecule has 0 aliphatic carbocycles. The monoisotopic (exact) mass is 421 g/mol. The van der Waals surface area contributed by atoms with Crippen molar-refractivity contribution in [1.29, 1.82) is 0 Å². The molecule has 0 fully saturated rings. The van der Waals surface area contributed by atoms with Crippen molar-refractivity contribution in [2.75, 3.05) is 0 Å². The highest BCUT2D eigenvalue weighted by atomic mass is 19.1. The van der Waals surface area contributed by atoms with Crippen LogP contribution in [0.1, 0.15) is 62.1 Å². The maximum absolute atomic E-state index is 13.7. The van der Waals surface area contributed by atoms with Crippen molar-refractivity contribution in [3.8, 4) is 0 Å². The average molecular weight is 422 g/mol. The lowest BCUT2D eigenvalue weighted by Crippen LogP contribution is -2.51. The van der Waals surface area contributed by atoms with Crippen molar-refractivity contribution in [1.82, 2.24) is 4.90 Å². The number of hydrogen-bond acceptors (Lipinski definition) is 4. The zero-order valence-electron chi connectivity index (χ0n) is 18.3. The number of furan rings is 1. The summed E-state index contributed by atoms with van der Waals surface area (Å²) in [5.74, 6) is -0.298. The molecular weight excluding hydrogens is 393 g/mol. The highest BCUT2D eigenvalue weighted by Crippen LogP contribution is 2.43. The van der Waals surface area contributed by atoms with Gasteiger partial charge in [-0.25, -0.2) is 4.39 Å². The lowest BCUT2D eigenvalue weighted by atomic mass is 9.82. The van der Waals surface area contributed by atoms with Crippen LogP contribution < -0.4 is 0 Å². The van der Waals surface area contributed by atoms with E-state index in [0.29, 0.717) is 6.54 Å². The van der Waals surface area contributed by atoms with Crippen LogP contribution >= 0.6 is 0 Å². The second kappa shape index (κ2) is 8.31. The zero-order chi connectivity index (χ0) is 22.2. The molecule has 1 aliphatic heterocycles. The molecule has 4 nitrogen and oxygen atoms in total. The van der Waals surface area contributed by atoms with E-state index in [0.717, 1.165) is 22.5 Å². The fraction of sp³-hybridized carbons (Fsp3) is 0.346. The second-order valence-corrected chi connectivity index (χ2v) is 9.08. The van der Waals surface area contributed by atoms with Gasteiger partial charge in [-0.15, -0.1) is 0 Å². The molecule has 0 N–H and O–H groups in total. The first-order chi connectivity index (χ1) is 14.7. The van der Waals surface area contributed by atoms with E-state index >= 15 is 0 Å². The molecule has 5 heteroatoms. The van der Waals surface area contributed by atoms with Gasteiger partial charge in [-0.05, 0) is 57.0 Å². The summed E-state index contributed by atoms with van der Waals surface area (Å²) in [4.78, 5) is 15.7. The summed E-state index contributed by atoms with van der Waals surface area (Å²) in [5.41, 5.74) is 2.33. The number of carbonyl (C=O) groups is 1. The molecule has 0 saturated carbocycles. The normalized spacial score (nSPS) is 20.2. The summed E-state index contributed by atoms with van der Waals surface area (Å²) in [5, 5.41) is 0. The summed E-state index contributed by atoms with van der Waals surface area (Å²) in [7, 11) is 0. The van der Waals surface area contributed by atoms with Crippen LogP contribution in [-0.2, 0) is 16.1 Å². The molecule has 0 amide bonds. The first-order valence-corrected chi connectivity index (χ1v) is 10.6. The Morgan fingerprint density at radius 1 is 1.10 bits per heavy atom. The van der Waals surface area contributed by atoms with E-state index in [1.807, 2.05) is 45.0 Å². The number of rotatable bonds is 4. The standard InChI is InChI=1S/C26H28FNO3/c1-17(18-8-6-5-7-9-18)28-16-20-14-15-30-24(20)22(19-10-12-21(27)13-11-19)23(28)25(29)31-26(2,3)4/h5-15,17,22-23H,16H2,1-4H3/t17-,22-,23+/m1/s1. The summed E-state index contributed by atoms with van der Waals surface area (Å²) in [6.45, 7) is 8.25. The highest BCUT2D eigenvalue weighted by molar-refractivity contribution is 5.79. The highest BCUT2D eigenvalue weighted by Gasteiger charge is 2.46. The summed E-state index contributed by atoms with van der Waals surface area (Å²) in [6.07, 6.45) is 1.66. The number of benzene rings is 2. The minimum absolute atomic E-state index is 0.0373. The van der Waals surface area contributed by atoms with Crippen LogP contribution in [0.4, 0.5) is 4.39 Å². The molecule has 4 rings (SSSR count). The molecule has 3 atom stereocenters. The van der Waals surface area contributed by atoms with E-state index in [2.05, 4.69) is 24.0 Å². The molecule has 31 heavy (non-hydrogen) atoms. The first kappa shape index (κ1) is 21.3. The van der Waals surface area contributed by atoms with Crippen LogP contribution in [-0.4, -0.2) is 22.5 Å². The topological polar surface area (TPSA) is 42.7 Å². The molecule has 2 heterocycles. The smallest absolute Gasteiger partial charge is 0.325 e. The van der Waals surface area contributed by atoms with Crippen LogP contribution in [0, 0.1) is 5.82 Å². The molecule has 1 aliphatic rings. The van der Waals surface area contributed by atoms with Crippen molar-refractivity contribution in [3.05, 3.63) is 95.2 Å². The predicted octanol–water partition coefficient (Wildman–Crippen LogP) is 5.84. The maximum atomic E-state index is 13.7. The Hall–Kier alpha value is -2.92. The van der Waals surface area contributed by atoms with Gasteiger partial charge in [0.2, 0.25) is 0 Å². The lowest BCUT2D eigenvalue weighted by molar-refractivity contribution is -0.164. The summed E-state index contributed by atoms with van der Waals surface area (Å²) in [6, 6.07) is 17.7. The molecule has 0 radical (unpaired) electrons. The average Bonchev–Trinajstić information content (AvgIpc) is 3.20. The Morgan fingerprint density at radius 3 is 2.42 bits per heavy atom. The fourth-order valence-electron chi connectivity index (χ4n) is 4.32. The molecule has 0 saturated heterocycles. The molecule has 162 valence electrons. The Bertz CT molecular complexity index is 1040. The third kappa shape index (κ3) is 4.42. The van der Waals surface area contributed by atoms with Gasteiger partial charge in [0.25, 0.3) is 0 Å². The van der Waals surface area contributed by atoms with Gasteiger partial charge in [0.05, 0.1) is 12.2 Å². The van der Waals surface area contributed by atoms with Crippen LogP contribution in [0.5, 0.6) is 0 Å². The third-order valence-corrected chi connectivity index (χ3v) is 5.75. The maximum Gasteiger partial charge on any atom is 0.325 e. The molecule has 3 aromatic rings. The van der Waals surface area contributed by atoms with Crippen LogP contribution in [0.2, 0.25) is 0 Å². The first-order valence-electron chi connectivity index (χ1n) is 10.6. The molecule has 2 aromatic carbocycles. The number of nitrogens with zero attached hydrogens (tertiary/aromatic N) is 1. The van der Waals surface area contributed by atoms with Crippen LogP contribution in [0.15, 0.2) is 71.3 Å². The van der Waals surface area contributed by atoms with E-state index in [1.165, 1.54) is 12.1 Å². The number of esters is 1. The van der Waals surface area contributed by atoms with Gasteiger partial charge < -0.3 is 9.15 Å². The Labute approximate surface area is 182 Å². The molecule has 1 aromatic heterocycles. The van der Waals surface area contributed by atoms with Gasteiger partial charge in [-0.2, -0.15) is 0 Å². The van der Waals surface area contributed by atoms with Gasteiger partial charge >= 0.3 is 5.97 Å². The Balaban J connectivity index is 1.83. The Kier molecular flexibility index (Phi) is 5.71. The SMILES string of the molecule is C[C@H](c1ccccc1)N1Cc2ccoc2[C@H](c2ccc(F)cc2)[C@H]1C(=O)OC(C)(C)C. The van der Waals surface area contributed by atoms with Crippen molar-refractivity contribution in [2.24, 2.45) is 0 Å². The van der Waals surface area contributed by atoms with Gasteiger partial charge in [0, 0.05) is 18.2 Å². The van der Waals surface area contributed by atoms with Crippen molar-refractivity contribution in [3.63, 3.8) is 0 Å². The fourth-order valence-corrected chi connectivity index (χ4v) is 4.32. The predicted molar refractivity (Wildman–Crippen MR) is 117 cm³/mol. The number of halogens is 1. The molecule has 0 bridgehead atoms. The number of hydrogen-bond donors (Lipinski definition) is 0. The minimum atomic E-state index is -0.629. The second-order valence-electron chi connectivity index (χ2n) is 9.08. The van der Waals surface area contributed by atoms with Crippen molar-refractivity contribution < 1.29 is 18.3 Å². The van der Waals surface area contributed by atoms with Gasteiger partial charge in [-0.1, -0.05) is 42.5 Å². The largest absolute Gasteiger partial charge is 0.468 e. The number of fused-ring (bicyclic) bond motifs is 1. The van der Waals surface area contributed by atoms with E-state index in [-0.39, 0.29) is 17.8 Å². The third-order valence-electron chi connectivity index (χ3n) is 5.75. The van der Waals surface area contributed by atoms with Gasteiger partial charge in [0.1, 0.15) is 23.2 Å². The molecular formula is C26H28FNO3. The minimum Gasteiger partial charge on any atom is -0.468 e. The van der Waals surface area contributed by atoms with Crippen molar-refractivity contribution >= 4 is 5.97 Å². The van der Waals surface area contributed by atoms with Crippen LogP contribution in [0.3, 0.4) is 0 Å². The quantitative estimate of drug-likeness (QED) is 0.497. The molecule has 0 unspecified atom stereocenters. The summed E-state index contributed by atoms with van der Waals surface area (Å²) >= 11 is 0. The summed E-state index contributed by atoms with van der Waals surface area (Å²) < 4.78 is 25.4. The Morgan fingerprint density at radius 2 is 1.77 bits per heavy atom. The van der Waals surface area contributed by atoms with E-state index in [4.69, 9.17) is 9.15 Å². The molecule has 0 spiro atoms. The lowest BCUT2D eigenvalue weighted by Gasteiger charge is -2.43. The van der Waals surface area contributed by atoms with E-state index in [9.17, 15) is 9.18 Å². The number of ether oxygens (including phenoxy) is 1. The number of carbonyl (C=O) groups excluding carboxylic acids is 1. The van der Waals surface area contributed by atoms with Gasteiger partial charge in [0.15, 0.2) is 0 Å². The van der Waals surface area contributed by atoms with E-state index in [1.54, 1.807) is 18.4 Å².